The molecule has 0 fully saturated rings. The fourth-order valence-corrected chi connectivity index (χ4v) is 1.69. The van der Waals surface area contributed by atoms with E-state index in [1.807, 2.05) is 0 Å². The minimum absolute atomic E-state index is 0.445. The van der Waals surface area contributed by atoms with Gasteiger partial charge in [-0.3, -0.25) is 9.79 Å². The lowest BCUT2D eigenvalue weighted by Gasteiger charge is -2.08. The van der Waals surface area contributed by atoms with Crippen LogP contribution in [0.4, 0.5) is 0 Å². The highest BCUT2D eigenvalue weighted by Crippen LogP contribution is 2.40. The summed E-state index contributed by atoms with van der Waals surface area (Å²) in [5.74, 6) is 0.445. The zero-order valence-electron chi connectivity index (χ0n) is 6.77. The van der Waals surface area contributed by atoms with E-state index in [0.29, 0.717) is 12.2 Å². The van der Waals surface area contributed by atoms with E-state index in [1.54, 1.807) is 6.08 Å². The molecule has 0 unspecified atom stereocenters. The number of hydrogen-bond donors (Lipinski definition) is 2. The van der Waals surface area contributed by atoms with E-state index in [9.17, 15) is 4.57 Å². The van der Waals surface area contributed by atoms with Gasteiger partial charge in [0.25, 0.3) is 0 Å². The first kappa shape index (κ1) is 9.78. The van der Waals surface area contributed by atoms with E-state index in [4.69, 9.17) is 9.79 Å². The van der Waals surface area contributed by atoms with E-state index >= 15 is 0 Å². The second-order valence-electron chi connectivity index (χ2n) is 2.85. The van der Waals surface area contributed by atoms with Crippen molar-refractivity contribution in [2.75, 3.05) is 0 Å². The maximum Gasteiger partial charge on any atom is 0.524 e. The monoisotopic (exact) mass is 192 g/mol. The van der Waals surface area contributed by atoms with E-state index in [-0.39, 0.29) is 0 Å². The molecule has 0 aromatic heterocycles. The van der Waals surface area contributed by atoms with Crippen molar-refractivity contribution >= 4 is 7.82 Å². The van der Waals surface area contributed by atoms with Crippen molar-refractivity contribution in [3.8, 4) is 0 Å². The number of allylic oxidation sites excluding steroid dienone is 2. The predicted octanol–water partition coefficient (Wildman–Crippen LogP) is 1.94. The average Bonchev–Trinajstić information content (AvgIpc) is 2.12. The van der Waals surface area contributed by atoms with E-state index in [0.717, 1.165) is 25.7 Å². The van der Waals surface area contributed by atoms with Crippen LogP contribution in [0, 0.1) is 0 Å². The van der Waals surface area contributed by atoms with Gasteiger partial charge in [0.2, 0.25) is 0 Å². The Morgan fingerprint density at radius 2 is 2.08 bits per heavy atom. The molecule has 0 saturated heterocycles. The molecule has 70 valence electrons. The normalized spacial score (nSPS) is 19.7. The Balaban J connectivity index is 2.50. The van der Waals surface area contributed by atoms with Crippen LogP contribution in [-0.4, -0.2) is 9.79 Å². The van der Waals surface area contributed by atoms with E-state index < -0.39 is 7.82 Å². The SMILES string of the molecule is O=P(O)(O)OC1=CCCCCC1. The summed E-state index contributed by atoms with van der Waals surface area (Å²) in [4.78, 5) is 17.0. The van der Waals surface area contributed by atoms with Gasteiger partial charge in [0.15, 0.2) is 0 Å². The summed E-state index contributed by atoms with van der Waals surface area (Å²) in [5, 5.41) is 0. The highest BCUT2D eigenvalue weighted by atomic mass is 31.2. The minimum atomic E-state index is -4.32. The Hall–Kier alpha value is -0.310. The standard InChI is InChI=1S/C7H13O4P/c8-12(9,10)11-7-5-3-1-2-4-6-7/h5H,1-4,6H2,(H2,8,9,10). The summed E-state index contributed by atoms with van der Waals surface area (Å²) < 4.78 is 14.9. The van der Waals surface area contributed by atoms with E-state index in [2.05, 4.69) is 4.52 Å². The molecule has 1 aliphatic rings. The van der Waals surface area contributed by atoms with Gasteiger partial charge >= 0.3 is 7.82 Å². The van der Waals surface area contributed by atoms with Gasteiger partial charge in [0.1, 0.15) is 5.76 Å². The van der Waals surface area contributed by atoms with Crippen LogP contribution in [0.1, 0.15) is 32.1 Å². The third-order valence-corrected chi connectivity index (χ3v) is 2.21. The summed E-state index contributed by atoms with van der Waals surface area (Å²) in [7, 11) is -4.32. The number of phosphoric acid groups is 1. The molecule has 0 aromatic carbocycles. The highest BCUT2D eigenvalue weighted by Gasteiger charge is 2.17. The van der Waals surface area contributed by atoms with Crippen LogP contribution in [0.2, 0.25) is 0 Å². The maximum absolute atomic E-state index is 10.4. The van der Waals surface area contributed by atoms with Gasteiger partial charge in [-0.2, -0.15) is 0 Å². The average molecular weight is 192 g/mol. The Kier molecular flexibility index (Phi) is 3.32. The zero-order valence-corrected chi connectivity index (χ0v) is 7.67. The smallest absolute Gasteiger partial charge is 0.409 e. The van der Waals surface area contributed by atoms with Crippen LogP contribution >= 0.6 is 7.82 Å². The quantitative estimate of drug-likeness (QED) is 0.656. The van der Waals surface area contributed by atoms with Gasteiger partial charge in [0, 0.05) is 6.42 Å². The van der Waals surface area contributed by atoms with Gasteiger partial charge in [-0.05, 0) is 25.3 Å². The molecule has 0 saturated carbocycles. The molecule has 1 aliphatic carbocycles. The van der Waals surface area contributed by atoms with Gasteiger partial charge in [-0.25, -0.2) is 4.57 Å². The van der Waals surface area contributed by atoms with Crippen LogP contribution in [0.25, 0.3) is 0 Å². The fraction of sp³-hybridized carbons (Fsp3) is 0.714. The molecule has 5 heteroatoms. The Labute approximate surface area is 71.5 Å². The Bertz CT molecular complexity index is 217. The number of hydrogen-bond acceptors (Lipinski definition) is 2. The van der Waals surface area contributed by atoms with Gasteiger partial charge in [-0.15, -0.1) is 0 Å². The van der Waals surface area contributed by atoms with Crippen molar-refractivity contribution < 1.29 is 18.9 Å². The molecule has 0 amide bonds. The lowest BCUT2D eigenvalue weighted by atomic mass is 10.2. The zero-order chi connectivity index (χ0) is 9.03. The summed E-state index contributed by atoms with van der Waals surface area (Å²) in [5.41, 5.74) is 0. The summed E-state index contributed by atoms with van der Waals surface area (Å²) >= 11 is 0. The topological polar surface area (TPSA) is 66.8 Å². The summed E-state index contributed by atoms with van der Waals surface area (Å²) in [6, 6.07) is 0. The molecule has 0 radical (unpaired) electrons. The Morgan fingerprint density at radius 3 is 2.75 bits per heavy atom. The van der Waals surface area contributed by atoms with Crippen LogP contribution in [-0.2, 0) is 9.09 Å². The predicted molar refractivity (Wildman–Crippen MR) is 44.3 cm³/mol. The molecule has 0 aliphatic heterocycles. The number of rotatable bonds is 2. The molecule has 0 atom stereocenters. The summed E-state index contributed by atoms with van der Waals surface area (Å²) in [6.07, 6.45) is 6.40. The number of phosphoric ester groups is 1. The van der Waals surface area contributed by atoms with Crippen molar-refractivity contribution in [2.45, 2.75) is 32.1 Å². The molecule has 2 N–H and O–H groups in total. The van der Waals surface area contributed by atoms with Gasteiger partial charge < -0.3 is 4.52 Å². The van der Waals surface area contributed by atoms with Crippen molar-refractivity contribution in [3.63, 3.8) is 0 Å². The second-order valence-corrected chi connectivity index (χ2v) is 4.02. The molecule has 0 aromatic rings. The summed E-state index contributed by atoms with van der Waals surface area (Å²) in [6.45, 7) is 0. The molecular formula is C7H13O4P. The first-order valence-corrected chi connectivity index (χ1v) is 5.55. The molecule has 1 rings (SSSR count). The first-order valence-electron chi connectivity index (χ1n) is 4.02. The van der Waals surface area contributed by atoms with Crippen LogP contribution < -0.4 is 0 Å². The molecule has 0 spiro atoms. The first-order chi connectivity index (χ1) is 5.58. The van der Waals surface area contributed by atoms with Crippen molar-refractivity contribution in [3.05, 3.63) is 11.8 Å². The third-order valence-electron chi connectivity index (χ3n) is 1.74. The van der Waals surface area contributed by atoms with Crippen molar-refractivity contribution in [2.24, 2.45) is 0 Å². The highest BCUT2D eigenvalue weighted by molar-refractivity contribution is 7.46. The molecule has 0 bridgehead atoms. The van der Waals surface area contributed by atoms with Gasteiger partial charge in [0.05, 0.1) is 0 Å². The second kappa shape index (κ2) is 4.08. The molecule has 12 heavy (non-hydrogen) atoms. The lowest BCUT2D eigenvalue weighted by molar-refractivity contribution is 0.236. The van der Waals surface area contributed by atoms with Crippen LogP contribution in [0.3, 0.4) is 0 Å². The van der Waals surface area contributed by atoms with E-state index in [1.165, 1.54) is 0 Å². The third kappa shape index (κ3) is 3.90. The van der Waals surface area contributed by atoms with Crippen LogP contribution in [0.15, 0.2) is 11.8 Å². The molecule has 4 nitrogen and oxygen atoms in total. The lowest BCUT2D eigenvalue weighted by Crippen LogP contribution is -1.89. The fourth-order valence-electron chi connectivity index (χ4n) is 1.22. The Morgan fingerprint density at radius 1 is 1.33 bits per heavy atom. The van der Waals surface area contributed by atoms with Crippen LogP contribution in [0.5, 0.6) is 0 Å². The van der Waals surface area contributed by atoms with Crippen molar-refractivity contribution in [1.82, 2.24) is 0 Å². The largest absolute Gasteiger partial charge is 0.524 e. The molecule has 0 heterocycles. The maximum atomic E-state index is 10.4. The van der Waals surface area contributed by atoms with Crippen molar-refractivity contribution in [1.29, 1.82) is 0 Å². The minimum Gasteiger partial charge on any atom is -0.409 e. The molecular weight excluding hydrogens is 179 g/mol. The van der Waals surface area contributed by atoms with Gasteiger partial charge in [-0.1, -0.05) is 6.42 Å².